The van der Waals surface area contributed by atoms with Crippen LogP contribution < -0.4 is 0 Å². The maximum Gasteiger partial charge on any atom is 0.306 e. The number of rotatable bonds is 12. The van der Waals surface area contributed by atoms with E-state index in [2.05, 4.69) is 25.1 Å². The Bertz CT molecular complexity index is 754. The van der Waals surface area contributed by atoms with Crippen molar-refractivity contribution in [2.45, 2.75) is 90.1 Å². The molecule has 1 saturated carbocycles. The van der Waals surface area contributed by atoms with Gasteiger partial charge in [-0.2, -0.15) is 0 Å². The van der Waals surface area contributed by atoms with Gasteiger partial charge < -0.3 is 20.1 Å². The summed E-state index contributed by atoms with van der Waals surface area (Å²) in [6, 6.07) is 8.28. The van der Waals surface area contributed by atoms with Crippen LogP contribution in [0.5, 0.6) is 0 Å². The van der Waals surface area contributed by atoms with Crippen LogP contribution in [0.3, 0.4) is 0 Å². The fourth-order valence-corrected chi connectivity index (χ4v) is 4.30. The largest absolute Gasteiger partial charge is 0.463 e. The van der Waals surface area contributed by atoms with Gasteiger partial charge in [0.2, 0.25) is 0 Å². The Kier molecular flexibility index (Phi) is 11.1. The second-order valence-electron chi connectivity index (χ2n) is 9.23. The second-order valence-corrected chi connectivity index (χ2v) is 9.23. The molecule has 32 heavy (non-hydrogen) atoms. The highest BCUT2D eigenvalue weighted by Crippen LogP contribution is 2.36. The molecule has 0 saturated heterocycles. The van der Waals surface area contributed by atoms with Gasteiger partial charge in [-0.15, -0.1) is 0 Å². The molecule has 5 atom stereocenters. The summed E-state index contributed by atoms with van der Waals surface area (Å²) in [5.74, 6) is -0.425. The molecule has 1 aliphatic rings. The van der Waals surface area contributed by atoms with Crippen molar-refractivity contribution in [3.63, 3.8) is 0 Å². The summed E-state index contributed by atoms with van der Waals surface area (Å²) in [6.07, 6.45) is 10.2. The minimum Gasteiger partial charge on any atom is -0.463 e. The number of unbranched alkanes of at least 4 members (excludes halogenated alkanes) is 1. The molecular weight excluding hydrogens is 404 g/mol. The molecule has 1 aromatic rings. The van der Waals surface area contributed by atoms with Crippen molar-refractivity contribution in [1.82, 2.24) is 0 Å². The van der Waals surface area contributed by atoms with E-state index in [0.29, 0.717) is 25.7 Å². The highest BCUT2D eigenvalue weighted by atomic mass is 16.5. The molecular formula is C27H40O5. The van der Waals surface area contributed by atoms with E-state index in [0.717, 1.165) is 19.3 Å². The standard InChI is InChI=1S/C27H40O5/c1-19(2)32-27(31)12-7-5-4-6-11-23-24(26(30)18-25(23)29)16-15-22(28)14-13-21-10-8-9-20(3)17-21/h4,6,8-10,15-17,19,22-26,28-30H,5,7,11-14,18H2,1-3H3/b6-4-,16-15+/t22-,23-,24-,25+,26-/m1/s1. The van der Waals surface area contributed by atoms with Crippen LogP contribution in [0.1, 0.15) is 63.5 Å². The smallest absolute Gasteiger partial charge is 0.306 e. The van der Waals surface area contributed by atoms with Crippen LogP contribution in [0.4, 0.5) is 0 Å². The first-order valence-corrected chi connectivity index (χ1v) is 11.9. The van der Waals surface area contributed by atoms with Gasteiger partial charge in [0.25, 0.3) is 0 Å². The topological polar surface area (TPSA) is 87.0 Å². The van der Waals surface area contributed by atoms with Crippen molar-refractivity contribution in [3.05, 3.63) is 59.7 Å². The number of benzene rings is 1. The van der Waals surface area contributed by atoms with Crippen molar-refractivity contribution >= 4 is 5.97 Å². The summed E-state index contributed by atoms with van der Waals surface area (Å²) in [5.41, 5.74) is 2.41. The van der Waals surface area contributed by atoms with Crippen LogP contribution in [0.15, 0.2) is 48.6 Å². The van der Waals surface area contributed by atoms with Crippen molar-refractivity contribution in [1.29, 1.82) is 0 Å². The third-order valence-corrected chi connectivity index (χ3v) is 5.98. The molecule has 0 heterocycles. The number of hydrogen-bond donors (Lipinski definition) is 3. The lowest BCUT2D eigenvalue weighted by Gasteiger charge is -2.19. The number of esters is 1. The average Bonchev–Trinajstić information content (AvgIpc) is 2.99. The number of aryl methyl sites for hydroxylation is 2. The Hall–Kier alpha value is -1.95. The molecule has 0 unspecified atom stereocenters. The number of aliphatic hydroxyl groups excluding tert-OH is 3. The first-order valence-electron chi connectivity index (χ1n) is 11.9. The molecule has 0 spiro atoms. The highest BCUT2D eigenvalue weighted by molar-refractivity contribution is 5.69. The van der Waals surface area contributed by atoms with Crippen LogP contribution in [0.25, 0.3) is 0 Å². The van der Waals surface area contributed by atoms with E-state index in [-0.39, 0.29) is 23.9 Å². The van der Waals surface area contributed by atoms with Gasteiger partial charge >= 0.3 is 5.97 Å². The Morgan fingerprint density at radius 2 is 2.00 bits per heavy atom. The first-order chi connectivity index (χ1) is 15.3. The predicted molar refractivity (Wildman–Crippen MR) is 127 cm³/mol. The Morgan fingerprint density at radius 1 is 1.22 bits per heavy atom. The van der Waals surface area contributed by atoms with Gasteiger partial charge in [-0.05, 0) is 64.4 Å². The second kappa shape index (κ2) is 13.6. The monoisotopic (exact) mass is 444 g/mol. The molecule has 0 radical (unpaired) electrons. The number of hydrogen-bond acceptors (Lipinski definition) is 5. The number of carbonyl (C=O) groups is 1. The Labute approximate surface area is 192 Å². The van der Waals surface area contributed by atoms with Gasteiger partial charge in [-0.25, -0.2) is 0 Å². The molecule has 5 heteroatoms. The van der Waals surface area contributed by atoms with E-state index in [9.17, 15) is 20.1 Å². The van der Waals surface area contributed by atoms with Gasteiger partial charge in [0, 0.05) is 18.8 Å². The predicted octanol–water partition coefficient (Wildman–Crippen LogP) is 4.27. The minimum absolute atomic E-state index is 0.0765. The summed E-state index contributed by atoms with van der Waals surface area (Å²) in [4.78, 5) is 11.6. The molecule has 0 aromatic heterocycles. The van der Waals surface area contributed by atoms with Gasteiger partial charge in [-0.1, -0.05) is 54.1 Å². The maximum atomic E-state index is 11.6. The molecule has 178 valence electrons. The molecule has 1 aromatic carbocycles. The third-order valence-electron chi connectivity index (χ3n) is 5.98. The Balaban J connectivity index is 1.78. The normalized spacial score (nSPS) is 24.6. The first kappa shape index (κ1) is 26.3. The lowest BCUT2D eigenvalue weighted by Crippen LogP contribution is -2.20. The molecule has 0 amide bonds. The van der Waals surface area contributed by atoms with Gasteiger partial charge in [0.05, 0.1) is 24.4 Å². The summed E-state index contributed by atoms with van der Waals surface area (Å²) in [5, 5.41) is 31.1. The van der Waals surface area contributed by atoms with Crippen LogP contribution in [-0.2, 0) is 16.0 Å². The van der Waals surface area contributed by atoms with Crippen LogP contribution in [0, 0.1) is 18.8 Å². The SMILES string of the molecule is Cc1cccc(CC[C@@H](O)/C=C/[C@@H]2[C@@H](C/C=C\CCCC(=O)OC(C)C)[C@@H](O)C[C@H]2O)c1. The molecule has 0 bridgehead atoms. The Morgan fingerprint density at radius 3 is 2.72 bits per heavy atom. The van der Waals surface area contributed by atoms with E-state index in [1.807, 2.05) is 38.1 Å². The number of allylic oxidation sites excluding steroid dienone is 2. The zero-order valence-electron chi connectivity index (χ0n) is 19.7. The molecule has 3 N–H and O–H groups in total. The third kappa shape index (κ3) is 9.27. The highest BCUT2D eigenvalue weighted by Gasteiger charge is 2.39. The van der Waals surface area contributed by atoms with Crippen LogP contribution in [-0.4, -0.2) is 45.7 Å². The van der Waals surface area contributed by atoms with Gasteiger partial charge in [0.15, 0.2) is 0 Å². The lowest BCUT2D eigenvalue weighted by atomic mass is 9.89. The number of aliphatic hydroxyl groups is 3. The van der Waals surface area contributed by atoms with E-state index < -0.39 is 18.3 Å². The van der Waals surface area contributed by atoms with E-state index in [4.69, 9.17) is 4.74 Å². The number of ether oxygens (including phenoxy) is 1. The lowest BCUT2D eigenvalue weighted by molar-refractivity contribution is -0.147. The zero-order valence-corrected chi connectivity index (χ0v) is 19.7. The average molecular weight is 445 g/mol. The van der Waals surface area contributed by atoms with E-state index in [1.165, 1.54) is 11.1 Å². The molecule has 1 fully saturated rings. The molecule has 2 rings (SSSR count). The quantitative estimate of drug-likeness (QED) is 0.255. The van der Waals surface area contributed by atoms with Crippen molar-refractivity contribution in [2.24, 2.45) is 11.8 Å². The van der Waals surface area contributed by atoms with Gasteiger partial charge in [-0.3, -0.25) is 4.79 Å². The van der Waals surface area contributed by atoms with Crippen molar-refractivity contribution in [2.75, 3.05) is 0 Å². The van der Waals surface area contributed by atoms with Gasteiger partial charge in [0.1, 0.15) is 0 Å². The van der Waals surface area contributed by atoms with Crippen LogP contribution >= 0.6 is 0 Å². The summed E-state index contributed by atoms with van der Waals surface area (Å²) in [6.45, 7) is 5.74. The number of carbonyl (C=O) groups excluding carboxylic acids is 1. The fraction of sp³-hybridized carbons (Fsp3) is 0.593. The van der Waals surface area contributed by atoms with Crippen LogP contribution in [0.2, 0.25) is 0 Å². The summed E-state index contributed by atoms with van der Waals surface area (Å²) in [7, 11) is 0. The van der Waals surface area contributed by atoms with Crippen molar-refractivity contribution < 1.29 is 24.9 Å². The summed E-state index contributed by atoms with van der Waals surface area (Å²) < 4.78 is 5.12. The van der Waals surface area contributed by atoms with Crippen molar-refractivity contribution in [3.8, 4) is 0 Å². The zero-order chi connectivity index (χ0) is 23.5. The molecule has 5 nitrogen and oxygen atoms in total. The molecule has 1 aliphatic carbocycles. The van der Waals surface area contributed by atoms with E-state index >= 15 is 0 Å². The minimum atomic E-state index is -0.602. The molecule has 0 aliphatic heterocycles. The van der Waals surface area contributed by atoms with E-state index in [1.54, 1.807) is 6.08 Å². The fourth-order valence-electron chi connectivity index (χ4n) is 4.30. The maximum absolute atomic E-state index is 11.6. The summed E-state index contributed by atoms with van der Waals surface area (Å²) >= 11 is 0.